The third kappa shape index (κ3) is 8.03. The van der Waals surface area contributed by atoms with Crippen molar-refractivity contribution in [2.24, 2.45) is 0 Å². The molecule has 1 atom stereocenters. The molecule has 0 heterocycles. The molecular formula is C25H32Cl2N2O3. The minimum atomic E-state index is -0.554. The summed E-state index contributed by atoms with van der Waals surface area (Å²) in [6.45, 7) is 7.21. The zero-order valence-corrected chi connectivity index (χ0v) is 20.5. The van der Waals surface area contributed by atoms with E-state index in [9.17, 15) is 9.59 Å². The van der Waals surface area contributed by atoms with Gasteiger partial charge in [-0.15, -0.1) is 0 Å². The third-order valence-corrected chi connectivity index (χ3v) is 5.84. The van der Waals surface area contributed by atoms with E-state index >= 15 is 0 Å². The Bertz CT molecular complexity index is 887. The Labute approximate surface area is 201 Å². The monoisotopic (exact) mass is 478 g/mol. The van der Waals surface area contributed by atoms with Gasteiger partial charge in [0.15, 0.2) is 0 Å². The maximum absolute atomic E-state index is 13.2. The molecule has 2 aromatic carbocycles. The Hall–Kier alpha value is -2.24. The highest BCUT2D eigenvalue weighted by molar-refractivity contribution is 6.42. The molecule has 0 unspecified atom stereocenters. The van der Waals surface area contributed by atoms with Crippen LogP contribution in [-0.4, -0.2) is 35.9 Å². The van der Waals surface area contributed by atoms with Crippen LogP contribution in [-0.2, 0) is 16.1 Å². The maximum Gasteiger partial charge on any atom is 0.242 e. The standard InChI is InChI=1S/C25H32Cl2N2O3/c1-4-14-28-25(31)23(5-2)29(17-19-10-13-21(26)22(27)16-19)24(30)7-6-15-32-20-11-8-18(3)9-12-20/h8-13,16,23H,4-7,14-15,17H2,1-3H3,(H,28,31)/t23-/m0/s1. The summed E-state index contributed by atoms with van der Waals surface area (Å²) in [4.78, 5) is 27.6. The molecule has 2 amide bonds. The number of amides is 2. The first-order chi connectivity index (χ1) is 15.3. The Balaban J connectivity index is 2.06. The molecular weight excluding hydrogens is 447 g/mol. The van der Waals surface area contributed by atoms with Crippen molar-refractivity contribution >= 4 is 35.0 Å². The van der Waals surface area contributed by atoms with Crippen LogP contribution in [0.2, 0.25) is 10.0 Å². The van der Waals surface area contributed by atoms with E-state index in [1.54, 1.807) is 17.0 Å². The van der Waals surface area contributed by atoms with Crippen LogP contribution < -0.4 is 10.1 Å². The first kappa shape index (κ1) is 26.0. The number of rotatable bonds is 12. The van der Waals surface area contributed by atoms with Crippen molar-refractivity contribution in [1.29, 1.82) is 0 Å². The van der Waals surface area contributed by atoms with Gasteiger partial charge in [-0.2, -0.15) is 0 Å². The first-order valence-corrected chi connectivity index (χ1v) is 11.8. The van der Waals surface area contributed by atoms with Crippen molar-refractivity contribution in [2.75, 3.05) is 13.2 Å². The van der Waals surface area contributed by atoms with Crippen LogP contribution in [0.5, 0.6) is 5.75 Å². The van der Waals surface area contributed by atoms with E-state index in [2.05, 4.69) is 5.32 Å². The minimum Gasteiger partial charge on any atom is -0.494 e. The molecule has 0 saturated carbocycles. The highest BCUT2D eigenvalue weighted by atomic mass is 35.5. The van der Waals surface area contributed by atoms with Crippen molar-refractivity contribution < 1.29 is 14.3 Å². The number of nitrogens with one attached hydrogen (secondary N) is 1. The molecule has 0 spiro atoms. The van der Waals surface area contributed by atoms with Gasteiger partial charge in [-0.05, 0) is 56.0 Å². The lowest BCUT2D eigenvalue weighted by atomic mass is 10.1. The van der Waals surface area contributed by atoms with E-state index in [0.717, 1.165) is 23.3 Å². The van der Waals surface area contributed by atoms with Crippen LogP contribution in [0, 0.1) is 6.92 Å². The van der Waals surface area contributed by atoms with Gasteiger partial charge in [0.25, 0.3) is 0 Å². The molecule has 0 saturated heterocycles. The van der Waals surface area contributed by atoms with Crippen molar-refractivity contribution in [3.63, 3.8) is 0 Å². The molecule has 0 aliphatic carbocycles. The zero-order valence-electron chi connectivity index (χ0n) is 19.0. The van der Waals surface area contributed by atoms with Crippen molar-refractivity contribution in [3.05, 3.63) is 63.6 Å². The molecule has 0 fully saturated rings. The fourth-order valence-electron chi connectivity index (χ4n) is 3.31. The number of hydrogen-bond donors (Lipinski definition) is 1. The summed E-state index contributed by atoms with van der Waals surface area (Å²) >= 11 is 12.2. The summed E-state index contributed by atoms with van der Waals surface area (Å²) in [6.07, 6.45) is 2.18. The van der Waals surface area contributed by atoms with Gasteiger partial charge in [0.1, 0.15) is 11.8 Å². The van der Waals surface area contributed by atoms with E-state index in [4.69, 9.17) is 27.9 Å². The smallest absolute Gasteiger partial charge is 0.242 e. The van der Waals surface area contributed by atoms with Crippen molar-refractivity contribution in [3.8, 4) is 5.75 Å². The average molecular weight is 479 g/mol. The summed E-state index contributed by atoms with van der Waals surface area (Å²) in [6, 6.07) is 12.5. The number of ether oxygens (including phenoxy) is 1. The molecule has 0 radical (unpaired) electrons. The van der Waals surface area contributed by atoms with Crippen LogP contribution in [0.1, 0.15) is 50.7 Å². The lowest BCUT2D eigenvalue weighted by Crippen LogP contribution is -2.49. The number of carbonyl (C=O) groups is 2. The number of halogens is 2. The SMILES string of the molecule is CCCNC(=O)[C@H](CC)N(Cc1ccc(Cl)c(Cl)c1)C(=O)CCCOc1ccc(C)cc1. The van der Waals surface area contributed by atoms with Gasteiger partial charge < -0.3 is 15.0 Å². The summed E-state index contributed by atoms with van der Waals surface area (Å²) in [5.74, 6) is 0.543. The van der Waals surface area contributed by atoms with Gasteiger partial charge in [0.05, 0.1) is 16.7 Å². The number of nitrogens with zero attached hydrogens (tertiary/aromatic N) is 1. The van der Waals surface area contributed by atoms with Crippen LogP contribution in [0.3, 0.4) is 0 Å². The second-order valence-electron chi connectivity index (χ2n) is 7.75. The minimum absolute atomic E-state index is 0.0953. The van der Waals surface area contributed by atoms with Gasteiger partial charge in [-0.3, -0.25) is 9.59 Å². The number of benzene rings is 2. The Morgan fingerprint density at radius 2 is 1.78 bits per heavy atom. The molecule has 0 aliphatic rings. The fourth-order valence-corrected chi connectivity index (χ4v) is 3.63. The molecule has 1 N–H and O–H groups in total. The van der Waals surface area contributed by atoms with E-state index in [1.807, 2.05) is 51.1 Å². The number of aryl methyl sites for hydroxylation is 1. The number of carbonyl (C=O) groups excluding carboxylic acids is 2. The van der Waals surface area contributed by atoms with Gasteiger partial charge in [0, 0.05) is 19.5 Å². The van der Waals surface area contributed by atoms with E-state index in [0.29, 0.717) is 36.0 Å². The molecule has 7 heteroatoms. The zero-order chi connectivity index (χ0) is 23.5. The van der Waals surface area contributed by atoms with Crippen LogP contribution in [0.25, 0.3) is 0 Å². The highest BCUT2D eigenvalue weighted by Gasteiger charge is 2.28. The summed E-state index contributed by atoms with van der Waals surface area (Å²) in [5.41, 5.74) is 1.99. The molecule has 0 aromatic heterocycles. The van der Waals surface area contributed by atoms with Crippen molar-refractivity contribution in [1.82, 2.24) is 10.2 Å². The van der Waals surface area contributed by atoms with Gasteiger partial charge in [0.2, 0.25) is 11.8 Å². The molecule has 32 heavy (non-hydrogen) atoms. The molecule has 2 rings (SSSR count). The maximum atomic E-state index is 13.2. The summed E-state index contributed by atoms with van der Waals surface area (Å²) in [7, 11) is 0. The van der Waals surface area contributed by atoms with E-state index in [-0.39, 0.29) is 24.8 Å². The second-order valence-corrected chi connectivity index (χ2v) is 8.56. The summed E-state index contributed by atoms with van der Waals surface area (Å²) in [5, 5.41) is 3.79. The van der Waals surface area contributed by atoms with Crippen molar-refractivity contribution in [2.45, 2.75) is 59.0 Å². The molecule has 0 aliphatic heterocycles. The Kier molecular flexibility index (Phi) is 10.8. The van der Waals surface area contributed by atoms with Crippen LogP contribution in [0.15, 0.2) is 42.5 Å². The predicted octanol–water partition coefficient (Wildman–Crippen LogP) is 5.79. The van der Waals surface area contributed by atoms with Gasteiger partial charge in [-0.25, -0.2) is 0 Å². The third-order valence-electron chi connectivity index (χ3n) is 5.10. The molecule has 2 aromatic rings. The van der Waals surface area contributed by atoms with Gasteiger partial charge >= 0.3 is 0 Å². The van der Waals surface area contributed by atoms with E-state index in [1.165, 1.54) is 0 Å². The van der Waals surface area contributed by atoms with E-state index < -0.39 is 6.04 Å². The quantitative estimate of drug-likeness (QED) is 0.392. The second kappa shape index (κ2) is 13.3. The fraction of sp³-hybridized carbons (Fsp3) is 0.440. The largest absolute Gasteiger partial charge is 0.494 e. The predicted molar refractivity (Wildman–Crippen MR) is 130 cm³/mol. The topological polar surface area (TPSA) is 58.6 Å². The lowest BCUT2D eigenvalue weighted by Gasteiger charge is -2.31. The Morgan fingerprint density at radius 1 is 1.06 bits per heavy atom. The average Bonchev–Trinajstić information content (AvgIpc) is 2.78. The highest BCUT2D eigenvalue weighted by Crippen LogP contribution is 2.24. The van der Waals surface area contributed by atoms with Crippen LogP contribution >= 0.6 is 23.2 Å². The first-order valence-electron chi connectivity index (χ1n) is 11.1. The Morgan fingerprint density at radius 3 is 2.41 bits per heavy atom. The molecule has 5 nitrogen and oxygen atoms in total. The lowest BCUT2D eigenvalue weighted by molar-refractivity contribution is -0.141. The molecule has 174 valence electrons. The normalized spacial score (nSPS) is 11.7. The number of hydrogen-bond acceptors (Lipinski definition) is 3. The van der Waals surface area contributed by atoms with Gasteiger partial charge in [-0.1, -0.05) is 60.8 Å². The molecule has 0 bridgehead atoms. The summed E-state index contributed by atoms with van der Waals surface area (Å²) < 4.78 is 5.74. The van der Waals surface area contributed by atoms with Crippen LogP contribution in [0.4, 0.5) is 0 Å².